The Morgan fingerprint density at radius 1 is 1.13 bits per heavy atom. The Hall–Kier alpha value is -1.40. The number of aryl methyl sites for hydroxylation is 1. The number of nitrogens with zero attached hydrogens (tertiary/aromatic N) is 1. The molecule has 1 saturated heterocycles. The fraction of sp³-hybridized carbons (Fsp3) is 0.588. The van der Waals surface area contributed by atoms with Gasteiger partial charge in [-0.1, -0.05) is 19.1 Å². The highest BCUT2D eigenvalue weighted by atomic mass is 32.2. The van der Waals surface area contributed by atoms with Crippen LogP contribution in [0.25, 0.3) is 0 Å². The Bertz CT molecular complexity index is 658. The Labute approximate surface area is 138 Å². The molecule has 0 atom stereocenters. The van der Waals surface area contributed by atoms with Crippen molar-refractivity contribution in [3.8, 4) is 0 Å². The number of carbonyl (C=O) groups is 1. The first-order valence-electron chi connectivity index (χ1n) is 8.39. The van der Waals surface area contributed by atoms with Gasteiger partial charge in [0.15, 0.2) is 0 Å². The van der Waals surface area contributed by atoms with E-state index in [9.17, 15) is 13.2 Å². The van der Waals surface area contributed by atoms with Gasteiger partial charge in [0.1, 0.15) is 0 Å². The number of piperidine rings is 1. The molecule has 126 valence electrons. The normalized spacial score (nSPS) is 19.8. The number of carbonyl (C=O) groups excluding carboxylic acids is 1. The van der Waals surface area contributed by atoms with Crippen molar-refractivity contribution >= 4 is 15.9 Å². The van der Waals surface area contributed by atoms with Gasteiger partial charge in [0.05, 0.1) is 4.90 Å². The highest BCUT2D eigenvalue weighted by Gasteiger charge is 2.35. The highest BCUT2D eigenvalue weighted by molar-refractivity contribution is 7.89. The Balaban J connectivity index is 1.57. The van der Waals surface area contributed by atoms with Gasteiger partial charge in [-0.3, -0.25) is 4.79 Å². The summed E-state index contributed by atoms with van der Waals surface area (Å²) in [5, 5.41) is 0. The first kappa shape index (κ1) is 16.5. The molecule has 1 saturated carbocycles. The average Bonchev–Trinajstić information content (AvgIpc) is 3.39. The summed E-state index contributed by atoms with van der Waals surface area (Å²) in [6.45, 7) is 3.34. The number of likely N-dealkylation sites (tertiary alicyclic amines) is 1. The second-order valence-corrected chi connectivity index (χ2v) is 8.21. The number of nitrogens with one attached hydrogen (secondary N) is 1. The Morgan fingerprint density at radius 2 is 1.74 bits per heavy atom. The van der Waals surface area contributed by atoms with E-state index < -0.39 is 10.0 Å². The molecule has 2 fully saturated rings. The molecule has 0 aromatic heterocycles. The number of rotatable bonds is 5. The maximum atomic E-state index is 12.4. The summed E-state index contributed by atoms with van der Waals surface area (Å²) in [6, 6.07) is 6.94. The number of hydrogen-bond acceptors (Lipinski definition) is 3. The molecule has 5 nitrogen and oxygen atoms in total. The Kier molecular flexibility index (Phi) is 4.73. The van der Waals surface area contributed by atoms with Gasteiger partial charge in [-0.2, -0.15) is 0 Å². The number of sulfonamides is 1. The van der Waals surface area contributed by atoms with Crippen LogP contribution in [0.3, 0.4) is 0 Å². The van der Waals surface area contributed by atoms with Crippen LogP contribution in [-0.4, -0.2) is 38.4 Å². The summed E-state index contributed by atoms with van der Waals surface area (Å²) < 4.78 is 27.7. The van der Waals surface area contributed by atoms with E-state index >= 15 is 0 Å². The summed E-state index contributed by atoms with van der Waals surface area (Å²) in [6.07, 6.45) is 4.29. The molecule has 1 aliphatic heterocycles. The molecule has 2 aliphatic rings. The van der Waals surface area contributed by atoms with Crippen molar-refractivity contribution in [2.45, 2.75) is 50.0 Å². The van der Waals surface area contributed by atoms with Crippen LogP contribution in [0.2, 0.25) is 0 Å². The molecule has 1 aliphatic carbocycles. The smallest absolute Gasteiger partial charge is 0.240 e. The van der Waals surface area contributed by atoms with Crippen molar-refractivity contribution < 1.29 is 13.2 Å². The molecule has 3 rings (SSSR count). The molecular formula is C17H24N2O3S. The zero-order valence-corrected chi connectivity index (χ0v) is 14.3. The van der Waals surface area contributed by atoms with Gasteiger partial charge in [-0.05, 0) is 49.8 Å². The first-order valence-corrected chi connectivity index (χ1v) is 9.88. The van der Waals surface area contributed by atoms with Gasteiger partial charge in [-0.15, -0.1) is 0 Å². The van der Waals surface area contributed by atoms with E-state index in [0.717, 1.165) is 24.8 Å². The minimum absolute atomic E-state index is 0.0888. The van der Waals surface area contributed by atoms with Crippen molar-refractivity contribution in [3.63, 3.8) is 0 Å². The lowest BCUT2D eigenvalue weighted by atomic mass is 10.1. The van der Waals surface area contributed by atoms with Crippen LogP contribution in [0.5, 0.6) is 0 Å². The fourth-order valence-corrected chi connectivity index (χ4v) is 4.30. The molecule has 0 bridgehead atoms. The number of hydrogen-bond donors (Lipinski definition) is 1. The quantitative estimate of drug-likeness (QED) is 0.893. The van der Waals surface area contributed by atoms with Crippen molar-refractivity contribution in [1.82, 2.24) is 9.62 Å². The van der Waals surface area contributed by atoms with E-state index in [1.54, 1.807) is 12.1 Å². The molecule has 1 amide bonds. The van der Waals surface area contributed by atoms with E-state index in [-0.39, 0.29) is 17.9 Å². The largest absolute Gasteiger partial charge is 0.342 e. The lowest BCUT2D eigenvalue weighted by molar-refractivity contribution is -0.133. The third-order valence-electron chi connectivity index (χ3n) is 4.70. The molecule has 6 heteroatoms. The highest BCUT2D eigenvalue weighted by Crippen LogP contribution is 2.32. The molecule has 23 heavy (non-hydrogen) atoms. The second kappa shape index (κ2) is 6.61. The minimum Gasteiger partial charge on any atom is -0.342 e. The van der Waals surface area contributed by atoms with E-state index in [2.05, 4.69) is 4.72 Å². The SMILES string of the molecule is CCc1ccc(S(=O)(=O)NC2CCN(C(=O)C3CC3)CC2)cc1. The molecule has 0 spiro atoms. The van der Waals surface area contributed by atoms with Crippen LogP contribution in [0.1, 0.15) is 38.2 Å². The van der Waals surface area contributed by atoms with Gasteiger partial charge in [0, 0.05) is 25.0 Å². The molecule has 0 unspecified atom stereocenters. The third kappa shape index (κ3) is 3.93. The van der Waals surface area contributed by atoms with Crippen molar-refractivity contribution in [2.75, 3.05) is 13.1 Å². The maximum absolute atomic E-state index is 12.4. The standard InChI is InChI=1S/C17H24N2O3S/c1-2-13-3-7-16(8-4-13)23(21,22)18-15-9-11-19(12-10-15)17(20)14-5-6-14/h3-4,7-8,14-15,18H,2,5-6,9-12H2,1H3. The summed E-state index contributed by atoms with van der Waals surface area (Å²) in [4.78, 5) is 14.2. The monoisotopic (exact) mass is 336 g/mol. The summed E-state index contributed by atoms with van der Waals surface area (Å²) in [5.41, 5.74) is 1.12. The zero-order valence-electron chi connectivity index (χ0n) is 13.5. The summed E-state index contributed by atoms with van der Waals surface area (Å²) in [7, 11) is -3.48. The van der Waals surface area contributed by atoms with Crippen LogP contribution in [-0.2, 0) is 21.2 Å². The first-order chi connectivity index (χ1) is 11.0. The van der Waals surface area contributed by atoms with Crippen molar-refractivity contribution in [3.05, 3.63) is 29.8 Å². The molecule has 1 aromatic carbocycles. The van der Waals surface area contributed by atoms with Crippen LogP contribution in [0.4, 0.5) is 0 Å². The minimum atomic E-state index is -3.48. The van der Waals surface area contributed by atoms with E-state index in [1.165, 1.54) is 0 Å². The predicted molar refractivity (Wildman–Crippen MR) is 88.5 cm³/mol. The van der Waals surface area contributed by atoms with Crippen LogP contribution >= 0.6 is 0 Å². The summed E-state index contributed by atoms with van der Waals surface area (Å²) >= 11 is 0. The van der Waals surface area contributed by atoms with Crippen LogP contribution in [0.15, 0.2) is 29.2 Å². The zero-order chi connectivity index (χ0) is 16.4. The Morgan fingerprint density at radius 3 is 2.26 bits per heavy atom. The lowest BCUT2D eigenvalue weighted by Crippen LogP contribution is -2.46. The van der Waals surface area contributed by atoms with Gasteiger partial charge in [0.25, 0.3) is 0 Å². The molecule has 1 N–H and O–H groups in total. The third-order valence-corrected chi connectivity index (χ3v) is 6.23. The fourth-order valence-electron chi connectivity index (χ4n) is 3.00. The van der Waals surface area contributed by atoms with Gasteiger partial charge >= 0.3 is 0 Å². The molecular weight excluding hydrogens is 312 g/mol. The molecule has 1 heterocycles. The molecule has 1 aromatic rings. The van der Waals surface area contributed by atoms with Gasteiger partial charge < -0.3 is 4.90 Å². The summed E-state index contributed by atoms with van der Waals surface area (Å²) in [5.74, 6) is 0.488. The van der Waals surface area contributed by atoms with Gasteiger partial charge in [0.2, 0.25) is 15.9 Å². The number of amides is 1. The second-order valence-electron chi connectivity index (χ2n) is 6.49. The van der Waals surface area contributed by atoms with Gasteiger partial charge in [-0.25, -0.2) is 13.1 Å². The lowest BCUT2D eigenvalue weighted by Gasteiger charge is -2.32. The predicted octanol–water partition coefficient (Wildman–Crippen LogP) is 1.93. The van der Waals surface area contributed by atoms with E-state index in [1.807, 2.05) is 24.0 Å². The average molecular weight is 336 g/mol. The van der Waals surface area contributed by atoms with E-state index in [0.29, 0.717) is 30.8 Å². The van der Waals surface area contributed by atoms with E-state index in [4.69, 9.17) is 0 Å². The van der Waals surface area contributed by atoms with Crippen molar-refractivity contribution in [1.29, 1.82) is 0 Å². The maximum Gasteiger partial charge on any atom is 0.240 e. The topological polar surface area (TPSA) is 66.5 Å². The van der Waals surface area contributed by atoms with Crippen LogP contribution in [0, 0.1) is 5.92 Å². The van der Waals surface area contributed by atoms with Crippen LogP contribution < -0.4 is 4.72 Å². The molecule has 0 radical (unpaired) electrons. The number of benzene rings is 1. The van der Waals surface area contributed by atoms with Crippen molar-refractivity contribution in [2.24, 2.45) is 5.92 Å².